The minimum absolute atomic E-state index is 0.0213. The van der Waals surface area contributed by atoms with Gasteiger partial charge in [-0.1, -0.05) is 25.1 Å². The first-order valence-corrected chi connectivity index (χ1v) is 12.2. The lowest BCUT2D eigenvalue weighted by atomic mass is 9.96. The van der Waals surface area contributed by atoms with Crippen molar-refractivity contribution in [2.45, 2.75) is 45.8 Å². The van der Waals surface area contributed by atoms with E-state index in [-0.39, 0.29) is 18.1 Å². The fourth-order valence-electron chi connectivity index (χ4n) is 5.29. The predicted molar refractivity (Wildman–Crippen MR) is 140 cm³/mol. The molecule has 0 aliphatic carbocycles. The highest BCUT2D eigenvalue weighted by atomic mass is 16.5. The molecule has 0 saturated heterocycles. The molecule has 2 atom stereocenters. The zero-order valence-corrected chi connectivity index (χ0v) is 21.8. The summed E-state index contributed by atoms with van der Waals surface area (Å²) in [6, 6.07) is 14.6. The van der Waals surface area contributed by atoms with Crippen molar-refractivity contribution >= 4 is 16.7 Å². The number of nitrogens with zero attached hydrogens (tertiary/aromatic N) is 2. The van der Waals surface area contributed by atoms with Crippen LogP contribution in [0.1, 0.15) is 53.4 Å². The van der Waals surface area contributed by atoms with Crippen LogP contribution in [0.15, 0.2) is 42.5 Å². The summed E-state index contributed by atoms with van der Waals surface area (Å²) >= 11 is 0. The van der Waals surface area contributed by atoms with Crippen LogP contribution in [0.4, 0.5) is 0 Å². The van der Waals surface area contributed by atoms with E-state index >= 15 is 0 Å². The van der Waals surface area contributed by atoms with Gasteiger partial charge in [0.05, 0.1) is 27.5 Å². The molecule has 2 unspecified atom stereocenters. The molecule has 0 bridgehead atoms. The Balaban J connectivity index is 1.61. The van der Waals surface area contributed by atoms with Gasteiger partial charge in [-0.25, -0.2) is 0 Å². The number of fused-ring (bicyclic) bond motifs is 2. The fourth-order valence-corrected chi connectivity index (χ4v) is 5.29. The molecule has 0 aromatic heterocycles. The number of rotatable bonds is 8. The molecule has 1 aliphatic heterocycles. The molecule has 1 heterocycles. The number of methoxy groups -OCH3 is 3. The smallest absolute Gasteiger partial charge is 0.255 e. The summed E-state index contributed by atoms with van der Waals surface area (Å²) in [5.74, 6) is 2.19. The molecule has 0 spiro atoms. The molecular weight excluding hydrogens is 440 g/mol. The molecule has 3 aromatic carbocycles. The molecule has 0 radical (unpaired) electrons. The van der Waals surface area contributed by atoms with Crippen LogP contribution in [-0.4, -0.2) is 56.8 Å². The SMILES string of the molecule is CCC(N1CCc2cc(OC)c(OC)cc2C1=O)N(C)C(C)c1ccc2c(C)c(OC)ccc2c1. The summed E-state index contributed by atoms with van der Waals surface area (Å²) in [5.41, 5.74) is 4.08. The van der Waals surface area contributed by atoms with Crippen LogP contribution < -0.4 is 14.2 Å². The zero-order chi connectivity index (χ0) is 25.3. The summed E-state index contributed by atoms with van der Waals surface area (Å²) in [6.45, 7) is 7.11. The Morgan fingerprint density at radius 1 is 0.971 bits per heavy atom. The first-order chi connectivity index (χ1) is 16.8. The van der Waals surface area contributed by atoms with Gasteiger partial charge in [-0.05, 0) is 85.5 Å². The number of carbonyl (C=O) groups excluding carboxylic acids is 1. The second kappa shape index (κ2) is 10.2. The number of amides is 1. The lowest BCUT2D eigenvalue weighted by Gasteiger charge is -2.42. The van der Waals surface area contributed by atoms with Crippen LogP contribution in [0.5, 0.6) is 17.2 Å². The predicted octanol–water partition coefficient (Wildman–Crippen LogP) is 5.60. The second-order valence-corrected chi connectivity index (χ2v) is 9.22. The lowest BCUT2D eigenvalue weighted by molar-refractivity contribution is 0.0234. The number of benzene rings is 3. The number of ether oxygens (including phenoxy) is 3. The standard InChI is InChI=1S/C29H36N2O4/c1-8-28(31-14-13-22-16-26(34-6)27(35-7)17-24(22)29(31)32)30(4)19(3)20-9-11-23-18(2)25(33-5)12-10-21(23)15-20/h9-12,15-17,19,28H,8,13-14H2,1-7H3. The quantitative estimate of drug-likeness (QED) is 0.424. The first-order valence-electron chi connectivity index (χ1n) is 12.2. The van der Waals surface area contributed by atoms with E-state index in [4.69, 9.17) is 14.2 Å². The molecular formula is C29H36N2O4. The molecule has 186 valence electrons. The lowest BCUT2D eigenvalue weighted by Crippen LogP contribution is -2.52. The van der Waals surface area contributed by atoms with Gasteiger partial charge in [-0.15, -0.1) is 0 Å². The molecule has 0 N–H and O–H groups in total. The third-order valence-corrected chi connectivity index (χ3v) is 7.49. The molecule has 1 aliphatic rings. The van der Waals surface area contributed by atoms with Gasteiger partial charge in [0.15, 0.2) is 11.5 Å². The van der Waals surface area contributed by atoms with Gasteiger partial charge in [-0.2, -0.15) is 0 Å². The van der Waals surface area contributed by atoms with Gasteiger partial charge in [0.25, 0.3) is 5.91 Å². The van der Waals surface area contributed by atoms with E-state index in [0.717, 1.165) is 29.7 Å². The fraction of sp³-hybridized carbons (Fsp3) is 0.414. The van der Waals surface area contributed by atoms with E-state index in [0.29, 0.717) is 23.6 Å². The average Bonchev–Trinajstić information content (AvgIpc) is 2.89. The third-order valence-electron chi connectivity index (χ3n) is 7.49. The summed E-state index contributed by atoms with van der Waals surface area (Å²) < 4.78 is 16.4. The Morgan fingerprint density at radius 2 is 1.66 bits per heavy atom. The van der Waals surface area contributed by atoms with Gasteiger partial charge in [-0.3, -0.25) is 9.69 Å². The molecule has 4 rings (SSSR count). The van der Waals surface area contributed by atoms with Gasteiger partial charge < -0.3 is 19.1 Å². The second-order valence-electron chi connectivity index (χ2n) is 9.22. The van der Waals surface area contributed by atoms with Crippen molar-refractivity contribution in [1.82, 2.24) is 9.80 Å². The Morgan fingerprint density at radius 3 is 2.31 bits per heavy atom. The third kappa shape index (κ3) is 4.43. The Kier molecular flexibility index (Phi) is 7.22. The van der Waals surface area contributed by atoms with Crippen LogP contribution in [0.25, 0.3) is 10.8 Å². The highest BCUT2D eigenvalue weighted by Gasteiger charge is 2.34. The minimum Gasteiger partial charge on any atom is -0.496 e. The van der Waals surface area contributed by atoms with Gasteiger partial charge in [0.2, 0.25) is 0 Å². The van der Waals surface area contributed by atoms with Gasteiger partial charge in [0.1, 0.15) is 5.75 Å². The van der Waals surface area contributed by atoms with Crippen LogP contribution in [0.2, 0.25) is 0 Å². The van der Waals surface area contributed by atoms with Gasteiger partial charge in [0, 0.05) is 18.2 Å². The summed E-state index contributed by atoms with van der Waals surface area (Å²) in [4.78, 5) is 17.9. The molecule has 3 aromatic rings. The van der Waals surface area contributed by atoms with Crippen LogP contribution in [-0.2, 0) is 6.42 Å². The van der Waals surface area contributed by atoms with E-state index in [1.54, 1.807) is 21.3 Å². The minimum atomic E-state index is -0.0213. The molecule has 6 heteroatoms. The largest absolute Gasteiger partial charge is 0.496 e. The van der Waals surface area contributed by atoms with E-state index in [1.807, 2.05) is 23.1 Å². The van der Waals surface area contributed by atoms with E-state index in [2.05, 4.69) is 57.0 Å². The summed E-state index contributed by atoms with van der Waals surface area (Å²) in [6.07, 6.45) is 1.60. The van der Waals surface area contributed by atoms with Crippen molar-refractivity contribution in [2.75, 3.05) is 34.9 Å². The van der Waals surface area contributed by atoms with E-state index in [9.17, 15) is 4.79 Å². The topological polar surface area (TPSA) is 51.2 Å². The molecule has 0 fully saturated rings. The van der Waals surface area contributed by atoms with Crippen molar-refractivity contribution in [3.8, 4) is 17.2 Å². The highest BCUT2D eigenvalue weighted by molar-refractivity contribution is 5.97. The zero-order valence-electron chi connectivity index (χ0n) is 21.8. The maximum atomic E-state index is 13.6. The maximum absolute atomic E-state index is 13.6. The maximum Gasteiger partial charge on any atom is 0.255 e. The van der Waals surface area contributed by atoms with Crippen molar-refractivity contribution < 1.29 is 19.0 Å². The van der Waals surface area contributed by atoms with E-state index < -0.39 is 0 Å². The van der Waals surface area contributed by atoms with Crippen LogP contribution >= 0.6 is 0 Å². The van der Waals surface area contributed by atoms with Crippen molar-refractivity contribution in [2.24, 2.45) is 0 Å². The number of carbonyl (C=O) groups is 1. The molecule has 6 nitrogen and oxygen atoms in total. The van der Waals surface area contributed by atoms with Crippen molar-refractivity contribution in [1.29, 1.82) is 0 Å². The molecule has 1 amide bonds. The Labute approximate surface area is 208 Å². The van der Waals surface area contributed by atoms with Crippen LogP contribution in [0, 0.1) is 6.92 Å². The Bertz CT molecular complexity index is 1240. The number of aryl methyl sites for hydroxylation is 1. The normalized spacial score (nSPS) is 15.2. The van der Waals surface area contributed by atoms with E-state index in [1.165, 1.54) is 16.3 Å². The summed E-state index contributed by atoms with van der Waals surface area (Å²) in [7, 11) is 7.03. The molecule has 0 saturated carbocycles. The summed E-state index contributed by atoms with van der Waals surface area (Å²) in [5, 5.41) is 2.39. The van der Waals surface area contributed by atoms with Crippen LogP contribution in [0.3, 0.4) is 0 Å². The monoisotopic (exact) mass is 476 g/mol. The van der Waals surface area contributed by atoms with Crippen molar-refractivity contribution in [3.63, 3.8) is 0 Å². The highest BCUT2D eigenvalue weighted by Crippen LogP contribution is 2.35. The van der Waals surface area contributed by atoms with Crippen molar-refractivity contribution in [3.05, 3.63) is 64.7 Å². The van der Waals surface area contributed by atoms with Gasteiger partial charge >= 0.3 is 0 Å². The first kappa shape index (κ1) is 24.9. The average molecular weight is 477 g/mol. The number of hydrogen-bond donors (Lipinski definition) is 0. The molecule has 35 heavy (non-hydrogen) atoms. The Hall–Kier alpha value is -3.25. The number of hydrogen-bond acceptors (Lipinski definition) is 5.